The standard InChI is InChI=1S/C45H39N/c1-5-14-37-17-9-10-18-41(37)29-35-27-32(2)28-43(30-35)39-25-23-36(24-26-39)34(4)46-45-22-12-11-21-44(45)33(3)40-19-13-20-42(31-40)38-15-7-6-8-16-38/h5-28,30-31H,4,29H2,1-3H3/b14-5-,44-33+,46-45?. The zero-order valence-corrected chi connectivity index (χ0v) is 26.9. The third kappa shape index (κ3) is 7.06. The van der Waals surface area contributed by atoms with Gasteiger partial charge in [0.1, 0.15) is 0 Å². The zero-order valence-electron chi connectivity index (χ0n) is 26.9. The summed E-state index contributed by atoms with van der Waals surface area (Å²) >= 11 is 0. The van der Waals surface area contributed by atoms with Crippen LogP contribution in [0.4, 0.5) is 0 Å². The van der Waals surface area contributed by atoms with Crippen molar-refractivity contribution in [1.29, 1.82) is 0 Å². The molecule has 0 aromatic heterocycles. The van der Waals surface area contributed by atoms with E-state index in [0.717, 1.165) is 29.0 Å². The monoisotopic (exact) mass is 593 g/mol. The highest BCUT2D eigenvalue weighted by atomic mass is 14.8. The maximum absolute atomic E-state index is 5.04. The Balaban J connectivity index is 1.24. The highest BCUT2D eigenvalue weighted by molar-refractivity contribution is 6.17. The fourth-order valence-corrected chi connectivity index (χ4v) is 6.06. The van der Waals surface area contributed by atoms with E-state index in [0.29, 0.717) is 0 Å². The normalized spacial score (nSPS) is 14.6. The smallest absolute Gasteiger partial charge is 0.0712 e. The van der Waals surface area contributed by atoms with E-state index in [1.165, 1.54) is 55.6 Å². The van der Waals surface area contributed by atoms with Crippen LogP contribution in [0.25, 0.3) is 39.6 Å². The van der Waals surface area contributed by atoms with Crippen molar-refractivity contribution in [2.24, 2.45) is 4.99 Å². The van der Waals surface area contributed by atoms with Crippen LogP contribution in [0.1, 0.15) is 47.2 Å². The molecule has 6 rings (SSSR count). The minimum Gasteiger partial charge on any atom is -0.248 e. The Bertz CT molecular complexity index is 2030. The first-order chi connectivity index (χ1) is 22.5. The van der Waals surface area contributed by atoms with Gasteiger partial charge in [-0.15, -0.1) is 0 Å². The molecule has 0 N–H and O–H groups in total. The number of nitrogens with zero attached hydrogens (tertiary/aromatic N) is 1. The van der Waals surface area contributed by atoms with E-state index in [1.807, 2.05) is 6.08 Å². The number of allylic oxidation sites excluding steroid dienone is 7. The van der Waals surface area contributed by atoms with E-state index in [9.17, 15) is 0 Å². The third-order valence-corrected chi connectivity index (χ3v) is 8.45. The second-order valence-electron chi connectivity index (χ2n) is 11.8. The van der Waals surface area contributed by atoms with Crippen molar-refractivity contribution in [2.75, 3.05) is 0 Å². The van der Waals surface area contributed by atoms with Crippen LogP contribution >= 0.6 is 0 Å². The average molecular weight is 594 g/mol. The summed E-state index contributed by atoms with van der Waals surface area (Å²) in [5, 5.41) is 0. The van der Waals surface area contributed by atoms with Crippen molar-refractivity contribution in [3.8, 4) is 22.3 Å². The number of hydrogen-bond donors (Lipinski definition) is 0. The summed E-state index contributed by atoms with van der Waals surface area (Å²) in [7, 11) is 0. The molecule has 5 aromatic rings. The predicted molar refractivity (Wildman–Crippen MR) is 200 cm³/mol. The molecule has 0 saturated heterocycles. The van der Waals surface area contributed by atoms with Crippen LogP contribution in [0.5, 0.6) is 0 Å². The summed E-state index contributed by atoms with van der Waals surface area (Å²) in [4.78, 5) is 5.04. The summed E-state index contributed by atoms with van der Waals surface area (Å²) in [6, 6.07) is 43.3. The Morgan fingerprint density at radius 1 is 0.674 bits per heavy atom. The lowest BCUT2D eigenvalue weighted by Gasteiger charge is -2.14. The number of benzene rings is 5. The molecule has 5 aromatic carbocycles. The second-order valence-corrected chi connectivity index (χ2v) is 11.8. The van der Waals surface area contributed by atoms with Crippen molar-refractivity contribution >= 4 is 23.1 Å². The van der Waals surface area contributed by atoms with Gasteiger partial charge in [0.25, 0.3) is 0 Å². The molecule has 0 amide bonds. The Morgan fingerprint density at radius 2 is 1.39 bits per heavy atom. The van der Waals surface area contributed by atoms with Gasteiger partial charge in [-0.1, -0.05) is 158 Å². The van der Waals surface area contributed by atoms with Gasteiger partial charge in [0.05, 0.1) is 11.4 Å². The maximum Gasteiger partial charge on any atom is 0.0712 e. The van der Waals surface area contributed by atoms with Crippen molar-refractivity contribution < 1.29 is 0 Å². The number of rotatable bonds is 8. The van der Waals surface area contributed by atoms with Crippen molar-refractivity contribution in [1.82, 2.24) is 0 Å². The second kappa shape index (κ2) is 14.1. The van der Waals surface area contributed by atoms with Crippen LogP contribution in [-0.2, 0) is 6.42 Å². The Morgan fingerprint density at radius 3 is 2.20 bits per heavy atom. The first-order valence-electron chi connectivity index (χ1n) is 15.9. The molecule has 1 nitrogen and oxygen atoms in total. The first-order valence-corrected chi connectivity index (χ1v) is 15.9. The van der Waals surface area contributed by atoms with E-state index in [-0.39, 0.29) is 0 Å². The fourth-order valence-electron chi connectivity index (χ4n) is 6.06. The lowest BCUT2D eigenvalue weighted by Crippen LogP contribution is -2.03. The molecule has 0 radical (unpaired) electrons. The van der Waals surface area contributed by atoms with E-state index in [1.54, 1.807) is 0 Å². The SMILES string of the molecule is C=C(N=C1C=CC=C/C1=C(/C)c1cccc(-c2ccccc2)c1)c1ccc(-c2cc(C)cc(Cc3ccccc3/C=C\C)c2)cc1. The van der Waals surface area contributed by atoms with Crippen molar-refractivity contribution in [2.45, 2.75) is 27.2 Å². The Kier molecular flexibility index (Phi) is 9.32. The van der Waals surface area contributed by atoms with E-state index >= 15 is 0 Å². The minimum absolute atomic E-state index is 0.746. The molecule has 224 valence electrons. The predicted octanol–water partition coefficient (Wildman–Crippen LogP) is 12.0. The molecule has 1 heteroatoms. The quantitative estimate of drug-likeness (QED) is 0.170. The molecule has 1 aliphatic rings. The molecule has 0 bridgehead atoms. The van der Waals surface area contributed by atoms with E-state index in [4.69, 9.17) is 4.99 Å². The van der Waals surface area contributed by atoms with Gasteiger partial charge in [0, 0.05) is 5.57 Å². The molecular weight excluding hydrogens is 555 g/mol. The minimum atomic E-state index is 0.746. The molecule has 0 fully saturated rings. The first kappa shape index (κ1) is 30.5. The van der Waals surface area contributed by atoms with E-state index in [2.05, 4.69) is 179 Å². The van der Waals surface area contributed by atoms with Crippen LogP contribution in [0.3, 0.4) is 0 Å². The van der Waals surface area contributed by atoms with Crippen LogP contribution in [0.15, 0.2) is 169 Å². The molecule has 0 heterocycles. The van der Waals surface area contributed by atoms with Gasteiger partial charge in [-0.2, -0.15) is 0 Å². The molecular formula is C45H39N. The zero-order chi connectivity index (χ0) is 31.9. The highest BCUT2D eigenvalue weighted by Crippen LogP contribution is 2.30. The number of aryl methyl sites for hydroxylation is 1. The summed E-state index contributed by atoms with van der Waals surface area (Å²) in [6.45, 7) is 10.8. The summed E-state index contributed by atoms with van der Waals surface area (Å²) in [6.07, 6.45) is 13.5. The van der Waals surface area contributed by atoms with E-state index < -0.39 is 0 Å². The van der Waals surface area contributed by atoms with Gasteiger partial charge in [0.2, 0.25) is 0 Å². The summed E-state index contributed by atoms with van der Waals surface area (Å²) in [5.74, 6) is 0. The molecule has 1 aliphatic carbocycles. The number of hydrogen-bond acceptors (Lipinski definition) is 1. The molecule has 46 heavy (non-hydrogen) atoms. The van der Waals surface area contributed by atoms with Gasteiger partial charge < -0.3 is 0 Å². The molecule has 0 unspecified atom stereocenters. The highest BCUT2D eigenvalue weighted by Gasteiger charge is 2.12. The lowest BCUT2D eigenvalue weighted by atomic mass is 9.93. The average Bonchev–Trinajstić information content (AvgIpc) is 3.09. The van der Waals surface area contributed by atoms with Crippen LogP contribution < -0.4 is 0 Å². The third-order valence-electron chi connectivity index (χ3n) is 8.45. The summed E-state index contributed by atoms with van der Waals surface area (Å²) in [5.41, 5.74) is 16.2. The van der Waals surface area contributed by atoms with Crippen molar-refractivity contribution in [3.05, 3.63) is 197 Å². The van der Waals surface area contributed by atoms with Crippen LogP contribution in [0, 0.1) is 6.92 Å². The van der Waals surface area contributed by atoms with Crippen molar-refractivity contribution in [3.63, 3.8) is 0 Å². The van der Waals surface area contributed by atoms with Crippen LogP contribution in [0.2, 0.25) is 0 Å². The van der Waals surface area contributed by atoms with Gasteiger partial charge in [0.15, 0.2) is 0 Å². The molecule has 0 saturated carbocycles. The molecule has 0 spiro atoms. The van der Waals surface area contributed by atoms with Crippen LogP contribution in [-0.4, -0.2) is 5.71 Å². The summed E-state index contributed by atoms with van der Waals surface area (Å²) < 4.78 is 0. The maximum atomic E-state index is 5.04. The lowest BCUT2D eigenvalue weighted by molar-refractivity contribution is 1.17. The number of aliphatic imine (C=N–C) groups is 1. The van der Waals surface area contributed by atoms with Gasteiger partial charge in [-0.25, -0.2) is 4.99 Å². The topological polar surface area (TPSA) is 12.4 Å². The molecule has 0 aliphatic heterocycles. The largest absolute Gasteiger partial charge is 0.248 e. The van der Waals surface area contributed by atoms with Gasteiger partial charge >= 0.3 is 0 Å². The van der Waals surface area contributed by atoms with Gasteiger partial charge in [-0.05, 0) is 95.0 Å². The van der Waals surface area contributed by atoms with Gasteiger partial charge in [-0.3, -0.25) is 0 Å². The fraction of sp³-hybridized carbons (Fsp3) is 0.0889. The Labute approximate surface area is 274 Å². The Hall–Kier alpha value is -5.53. The molecule has 0 atom stereocenters.